The zero-order valence-corrected chi connectivity index (χ0v) is 14.0. The van der Waals surface area contributed by atoms with Gasteiger partial charge in [0.15, 0.2) is 8.32 Å². The molecule has 4 heteroatoms. The van der Waals surface area contributed by atoms with Crippen LogP contribution in [0.3, 0.4) is 0 Å². The average Bonchev–Trinajstić information content (AvgIpc) is 2.25. The monoisotopic (exact) mass is 276 g/mol. The van der Waals surface area contributed by atoms with Crippen LogP contribution in [-0.2, 0) is 4.43 Å². The lowest BCUT2D eigenvalue weighted by atomic mass is 10.1. The summed E-state index contributed by atoms with van der Waals surface area (Å²) >= 11 is 0. The molecule has 0 unspecified atom stereocenters. The Morgan fingerprint density at radius 1 is 1.17 bits per heavy atom. The summed E-state index contributed by atoms with van der Waals surface area (Å²) in [5.41, 5.74) is 0. The van der Waals surface area contributed by atoms with Crippen molar-refractivity contribution in [3.8, 4) is 0 Å². The highest BCUT2D eigenvalue weighted by molar-refractivity contribution is 6.74. The number of hydrogen-bond donors (Lipinski definition) is 2. The Morgan fingerprint density at radius 2 is 1.72 bits per heavy atom. The molecular formula is C14H32O3Si. The second-order valence-corrected chi connectivity index (χ2v) is 11.4. The Balaban J connectivity index is 4.58. The van der Waals surface area contributed by atoms with Crippen LogP contribution in [0.5, 0.6) is 0 Å². The molecule has 2 N–H and O–H groups in total. The van der Waals surface area contributed by atoms with E-state index >= 15 is 0 Å². The van der Waals surface area contributed by atoms with Crippen LogP contribution in [0.4, 0.5) is 0 Å². The van der Waals surface area contributed by atoms with Crippen LogP contribution in [0.25, 0.3) is 0 Å². The number of unbranched alkanes of at least 4 members (excludes halogenated alkanes) is 2. The van der Waals surface area contributed by atoms with Gasteiger partial charge in [-0.05, 0) is 24.6 Å². The first-order valence-electron chi connectivity index (χ1n) is 7.12. The Kier molecular flexibility index (Phi) is 7.67. The third kappa shape index (κ3) is 5.82. The molecule has 18 heavy (non-hydrogen) atoms. The molecular weight excluding hydrogens is 244 g/mol. The van der Waals surface area contributed by atoms with Gasteiger partial charge in [-0.25, -0.2) is 0 Å². The van der Waals surface area contributed by atoms with Crippen molar-refractivity contribution >= 4 is 8.32 Å². The van der Waals surface area contributed by atoms with Crippen molar-refractivity contribution in [3.05, 3.63) is 0 Å². The lowest BCUT2D eigenvalue weighted by Crippen LogP contribution is -2.47. The fourth-order valence-corrected chi connectivity index (χ4v) is 2.98. The molecule has 0 amide bonds. The molecule has 0 saturated carbocycles. The zero-order chi connectivity index (χ0) is 14.4. The number of aliphatic hydroxyl groups excluding tert-OH is 2. The van der Waals surface area contributed by atoms with Crippen molar-refractivity contribution in [1.29, 1.82) is 0 Å². The molecule has 0 rings (SSSR count). The quantitative estimate of drug-likeness (QED) is 0.528. The number of hydrogen-bond acceptors (Lipinski definition) is 3. The molecule has 0 heterocycles. The minimum atomic E-state index is -1.88. The summed E-state index contributed by atoms with van der Waals surface area (Å²) in [5, 5.41) is 19.2. The van der Waals surface area contributed by atoms with E-state index in [0.29, 0.717) is 0 Å². The largest absolute Gasteiger partial charge is 0.411 e. The van der Waals surface area contributed by atoms with Gasteiger partial charge in [-0.2, -0.15) is 0 Å². The summed E-state index contributed by atoms with van der Waals surface area (Å²) < 4.78 is 6.23. The third-order valence-corrected chi connectivity index (χ3v) is 8.46. The van der Waals surface area contributed by atoms with E-state index < -0.39 is 14.4 Å². The van der Waals surface area contributed by atoms with Gasteiger partial charge in [-0.15, -0.1) is 0 Å². The molecule has 2 atom stereocenters. The predicted molar refractivity (Wildman–Crippen MR) is 79.3 cm³/mol. The molecule has 0 aromatic heterocycles. The van der Waals surface area contributed by atoms with Crippen LogP contribution in [0.15, 0.2) is 0 Å². The van der Waals surface area contributed by atoms with Crippen molar-refractivity contribution in [2.45, 2.75) is 83.7 Å². The van der Waals surface area contributed by atoms with Crippen molar-refractivity contribution in [2.24, 2.45) is 0 Å². The van der Waals surface area contributed by atoms with Crippen LogP contribution < -0.4 is 0 Å². The molecule has 0 radical (unpaired) electrons. The van der Waals surface area contributed by atoms with Gasteiger partial charge < -0.3 is 14.6 Å². The normalized spacial score (nSPS) is 16.7. The minimum Gasteiger partial charge on any atom is -0.411 e. The lowest BCUT2D eigenvalue weighted by Gasteiger charge is -2.40. The highest BCUT2D eigenvalue weighted by Crippen LogP contribution is 2.38. The van der Waals surface area contributed by atoms with Crippen LogP contribution in [0.1, 0.15) is 53.4 Å². The summed E-state index contributed by atoms with van der Waals surface area (Å²) in [4.78, 5) is 0. The van der Waals surface area contributed by atoms with Gasteiger partial charge in [-0.1, -0.05) is 47.0 Å². The second kappa shape index (κ2) is 7.63. The Morgan fingerprint density at radius 3 is 2.11 bits per heavy atom. The summed E-state index contributed by atoms with van der Waals surface area (Å²) in [6.07, 6.45) is 3.21. The standard InChI is InChI=1S/C14H32O3Si/c1-7-8-9-10-13(12(16)11-15)17-18(5,6)14(2,3)4/h12-13,15-16H,7-11H2,1-6H3/t12-,13-/m1/s1. The van der Waals surface area contributed by atoms with E-state index in [4.69, 9.17) is 9.53 Å². The molecule has 0 bridgehead atoms. The molecule has 0 spiro atoms. The van der Waals surface area contributed by atoms with Gasteiger partial charge in [0.1, 0.15) is 6.10 Å². The highest BCUT2D eigenvalue weighted by atomic mass is 28.4. The maximum absolute atomic E-state index is 9.89. The first kappa shape index (κ1) is 18.1. The minimum absolute atomic E-state index is 0.130. The van der Waals surface area contributed by atoms with Crippen LogP contribution in [0, 0.1) is 0 Å². The topological polar surface area (TPSA) is 49.7 Å². The summed E-state index contributed by atoms with van der Waals surface area (Å²) in [7, 11) is -1.88. The molecule has 0 saturated heterocycles. The fourth-order valence-electron chi connectivity index (χ4n) is 1.60. The van der Waals surface area contributed by atoms with E-state index in [-0.39, 0.29) is 17.7 Å². The molecule has 0 aliphatic carbocycles. The van der Waals surface area contributed by atoms with E-state index in [1.54, 1.807) is 0 Å². The van der Waals surface area contributed by atoms with E-state index in [1.165, 1.54) is 0 Å². The Bertz CT molecular complexity index is 224. The SMILES string of the molecule is CCCCC[C@@H](O[Si](C)(C)C(C)(C)C)[C@H](O)CO. The van der Waals surface area contributed by atoms with Crippen molar-refractivity contribution < 1.29 is 14.6 Å². The molecule has 0 aliphatic rings. The molecule has 0 aliphatic heterocycles. The maximum atomic E-state index is 9.89. The van der Waals surface area contributed by atoms with Crippen LogP contribution in [0.2, 0.25) is 18.1 Å². The smallest absolute Gasteiger partial charge is 0.192 e. The number of aliphatic hydroxyl groups is 2. The zero-order valence-electron chi connectivity index (χ0n) is 13.0. The van der Waals surface area contributed by atoms with E-state index in [2.05, 4.69) is 40.8 Å². The van der Waals surface area contributed by atoms with Gasteiger partial charge in [-0.3, -0.25) is 0 Å². The molecule has 3 nitrogen and oxygen atoms in total. The fraction of sp³-hybridized carbons (Fsp3) is 1.00. The van der Waals surface area contributed by atoms with Crippen LogP contribution in [-0.4, -0.2) is 37.3 Å². The van der Waals surface area contributed by atoms with Gasteiger partial charge >= 0.3 is 0 Å². The summed E-state index contributed by atoms with van der Waals surface area (Å²) in [5.74, 6) is 0. The molecule has 0 aromatic carbocycles. The van der Waals surface area contributed by atoms with E-state index in [0.717, 1.165) is 25.7 Å². The van der Waals surface area contributed by atoms with Gasteiger partial charge in [0, 0.05) is 0 Å². The number of rotatable bonds is 8. The Hall–Kier alpha value is 0.0969. The van der Waals surface area contributed by atoms with E-state index in [9.17, 15) is 5.11 Å². The summed E-state index contributed by atoms with van der Waals surface area (Å²) in [6, 6.07) is 0. The summed E-state index contributed by atoms with van der Waals surface area (Å²) in [6.45, 7) is 12.9. The highest BCUT2D eigenvalue weighted by Gasteiger charge is 2.40. The first-order valence-corrected chi connectivity index (χ1v) is 10.0. The van der Waals surface area contributed by atoms with Crippen LogP contribution >= 0.6 is 0 Å². The molecule has 0 aromatic rings. The first-order chi connectivity index (χ1) is 8.15. The average molecular weight is 276 g/mol. The Labute approximate surface area is 114 Å². The second-order valence-electron chi connectivity index (χ2n) is 6.66. The van der Waals surface area contributed by atoms with E-state index in [1.807, 2.05) is 0 Å². The third-order valence-electron chi connectivity index (χ3n) is 3.96. The van der Waals surface area contributed by atoms with Crippen molar-refractivity contribution in [2.75, 3.05) is 6.61 Å². The van der Waals surface area contributed by atoms with Gasteiger partial charge in [0.05, 0.1) is 12.7 Å². The van der Waals surface area contributed by atoms with Crippen molar-refractivity contribution in [1.82, 2.24) is 0 Å². The van der Waals surface area contributed by atoms with Crippen molar-refractivity contribution in [3.63, 3.8) is 0 Å². The van der Waals surface area contributed by atoms with Gasteiger partial charge in [0.25, 0.3) is 0 Å². The molecule has 110 valence electrons. The lowest BCUT2D eigenvalue weighted by molar-refractivity contribution is -0.0118. The molecule has 0 fully saturated rings. The predicted octanol–water partition coefficient (Wildman–Crippen LogP) is 3.31. The maximum Gasteiger partial charge on any atom is 0.192 e. The van der Waals surface area contributed by atoms with Gasteiger partial charge in [0.2, 0.25) is 0 Å².